The van der Waals surface area contributed by atoms with Crippen molar-refractivity contribution in [1.29, 1.82) is 0 Å². The van der Waals surface area contributed by atoms with E-state index in [4.69, 9.17) is 0 Å². The van der Waals surface area contributed by atoms with Crippen molar-refractivity contribution in [2.45, 2.75) is 52.9 Å². The molecule has 2 N–H and O–H groups in total. The third-order valence-corrected chi connectivity index (χ3v) is 4.64. The number of carbonyl (C=O) groups is 1. The van der Waals surface area contributed by atoms with Crippen LogP contribution in [0.3, 0.4) is 0 Å². The predicted molar refractivity (Wildman–Crippen MR) is 86.7 cm³/mol. The Bertz CT molecular complexity index is 489. The molecule has 1 aromatic heterocycles. The van der Waals surface area contributed by atoms with E-state index in [9.17, 15) is 4.79 Å². The number of rotatable bonds is 7. The van der Waals surface area contributed by atoms with E-state index in [0.29, 0.717) is 11.0 Å². The largest absolute Gasteiger partial charge is 0.384 e. The third-order valence-electron chi connectivity index (χ3n) is 4.64. The Labute approximate surface area is 127 Å². The Morgan fingerprint density at radius 2 is 2.14 bits per heavy atom. The van der Waals surface area contributed by atoms with Gasteiger partial charge in [0, 0.05) is 25.0 Å². The molecule has 21 heavy (non-hydrogen) atoms. The summed E-state index contributed by atoms with van der Waals surface area (Å²) >= 11 is 0. The van der Waals surface area contributed by atoms with Crippen LogP contribution in [0, 0.1) is 12.3 Å². The molecule has 1 aliphatic carbocycles. The van der Waals surface area contributed by atoms with E-state index in [1.165, 1.54) is 19.3 Å². The molecule has 2 rings (SSSR count). The molecule has 1 saturated carbocycles. The van der Waals surface area contributed by atoms with Gasteiger partial charge in [0.25, 0.3) is 5.91 Å². The number of carbonyl (C=O) groups excluding carboxylic acids is 1. The fourth-order valence-corrected chi connectivity index (χ4v) is 2.84. The molecule has 4 heteroatoms. The number of amides is 1. The number of nitrogens with zero attached hydrogens (tertiary/aromatic N) is 1. The maximum Gasteiger partial charge on any atom is 0.254 e. The number of hydrogen-bond donors (Lipinski definition) is 2. The quantitative estimate of drug-likeness (QED) is 0.807. The summed E-state index contributed by atoms with van der Waals surface area (Å²) in [5.41, 5.74) is 2.81. The molecule has 0 radical (unpaired) electrons. The molecular weight excluding hydrogens is 262 g/mol. The van der Waals surface area contributed by atoms with Gasteiger partial charge in [-0.25, -0.2) is 0 Å². The number of aryl methyl sites for hydroxylation is 1. The van der Waals surface area contributed by atoms with Gasteiger partial charge in [0.2, 0.25) is 0 Å². The molecule has 0 spiro atoms. The maximum atomic E-state index is 12.5. The second kappa shape index (κ2) is 6.92. The smallest absolute Gasteiger partial charge is 0.254 e. The minimum Gasteiger partial charge on any atom is -0.384 e. The van der Waals surface area contributed by atoms with E-state index >= 15 is 0 Å². The normalized spacial score (nSPS) is 16.1. The van der Waals surface area contributed by atoms with Crippen molar-refractivity contribution >= 4 is 11.6 Å². The van der Waals surface area contributed by atoms with Crippen molar-refractivity contribution in [3.63, 3.8) is 0 Å². The van der Waals surface area contributed by atoms with Gasteiger partial charge in [0.15, 0.2) is 0 Å². The molecule has 116 valence electrons. The molecule has 1 heterocycles. The summed E-state index contributed by atoms with van der Waals surface area (Å²) in [6, 6.07) is 1.95. The molecule has 0 aliphatic heterocycles. The van der Waals surface area contributed by atoms with E-state index in [1.54, 1.807) is 6.20 Å². The van der Waals surface area contributed by atoms with Crippen LogP contribution in [0.4, 0.5) is 5.69 Å². The van der Waals surface area contributed by atoms with Crippen molar-refractivity contribution in [1.82, 2.24) is 10.3 Å². The number of anilines is 1. The molecule has 0 saturated heterocycles. The average Bonchev–Trinajstić information content (AvgIpc) is 2.44. The monoisotopic (exact) mass is 289 g/mol. The van der Waals surface area contributed by atoms with E-state index in [0.717, 1.165) is 37.3 Å². The first-order valence-corrected chi connectivity index (χ1v) is 8.09. The first-order chi connectivity index (χ1) is 10.1. The molecule has 1 amide bonds. The fraction of sp³-hybridized carbons (Fsp3) is 0.647. The van der Waals surface area contributed by atoms with Crippen LogP contribution < -0.4 is 10.6 Å². The Balaban J connectivity index is 2.04. The van der Waals surface area contributed by atoms with E-state index < -0.39 is 0 Å². The highest BCUT2D eigenvalue weighted by Crippen LogP contribution is 2.43. The number of nitrogens with one attached hydrogen (secondary N) is 2. The molecule has 1 fully saturated rings. The number of hydrogen-bond acceptors (Lipinski definition) is 3. The van der Waals surface area contributed by atoms with Crippen molar-refractivity contribution in [3.8, 4) is 0 Å². The van der Waals surface area contributed by atoms with Crippen molar-refractivity contribution < 1.29 is 4.79 Å². The summed E-state index contributed by atoms with van der Waals surface area (Å²) in [6.07, 6.45) is 7.61. The highest BCUT2D eigenvalue weighted by molar-refractivity contribution is 5.99. The maximum absolute atomic E-state index is 12.5. The van der Waals surface area contributed by atoms with Gasteiger partial charge in [-0.2, -0.15) is 0 Å². The Morgan fingerprint density at radius 1 is 1.38 bits per heavy atom. The Hall–Kier alpha value is -1.58. The molecule has 0 aromatic carbocycles. The van der Waals surface area contributed by atoms with Crippen LogP contribution in [0.1, 0.15) is 62.0 Å². The van der Waals surface area contributed by atoms with Gasteiger partial charge in [-0.3, -0.25) is 9.78 Å². The van der Waals surface area contributed by atoms with Crippen LogP contribution in [0.5, 0.6) is 0 Å². The van der Waals surface area contributed by atoms with E-state index in [2.05, 4.69) is 29.5 Å². The van der Waals surface area contributed by atoms with Gasteiger partial charge in [-0.1, -0.05) is 20.3 Å². The van der Waals surface area contributed by atoms with Gasteiger partial charge >= 0.3 is 0 Å². The van der Waals surface area contributed by atoms with Gasteiger partial charge < -0.3 is 10.6 Å². The summed E-state index contributed by atoms with van der Waals surface area (Å²) in [5.74, 6) is -0.0131. The van der Waals surface area contributed by atoms with Crippen molar-refractivity contribution in [2.24, 2.45) is 5.41 Å². The zero-order chi connectivity index (χ0) is 15.3. The molecule has 1 aliphatic rings. The third kappa shape index (κ3) is 3.74. The SMILES string of the molecule is CCCNc1cc(C)ncc1C(=O)NCC1(CC)CCC1. The number of aromatic nitrogens is 1. The first kappa shape index (κ1) is 15.8. The van der Waals surface area contributed by atoms with Crippen LogP contribution in [0.25, 0.3) is 0 Å². The fourth-order valence-electron chi connectivity index (χ4n) is 2.84. The second-order valence-corrected chi connectivity index (χ2v) is 6.19. The lowest BCUT2D eigenvalue weighted by atomic mass is 9.67. The Morgan fingerprint density at radius 3 is 2.71 bits per heavy atom. The first-order valence-electron chi connectivity index (χ1n) is 8.09. The van der Waals surface area contributed by atoms with Crippen molar-refractivity contribution in [2.75, 3.05) is 18.4 Å². The van der Waals surface area contributed by atoms with Gasteiger partial charge in [0.1, 0.15) is 0 Å². The minimum atomic E-state index is -0.0131. The van der Waals surface area contributed by atoms with E-state index in [1.807, 2.05) is 13.0 Å². The van der Waals surface area contributed by atoms with Crippen molar-refractivity contribution in [3.05, 3.63) is 23.5 Å². The second-order valence-electron chi connectivity index (χ2n) is 6.19. The molecule has 0 bridgehead atoms. The summed E-state index contributed by atoms with van der Waals surface area (Å²) in [4.78, 5) is 16.7. The highest BCUT2D eigenvalue weighted by Gasteiger charge is 2.35. The zero-order valence-corrected chi connectivity index (χ0v) is 13.5. The molecule has 1 aromatic rings. The molecule has 4 nitrogen and oxygen atoms in total. The average molecular weight is 289 g/mol. The summed E-state index contributed by atoms with van der Waals surface area (Å²) < 4.78 is 0. The lowest BCUT2D eigenvalue weighted by Gasteiger charge is -2.41. The van der Waals surface area contributed by atoms with E-state index in [-0.39, 0.29) is 5.91 Å². The Kier molecular flexibility index (Phi) is 5.21. The van der Waals surface area contributed by atoms with Crippen LogP contribution >= 0.6 is 0 Å². The molecule has 0 atom stereocenters. The topological polar surface area (TPSA) is 54.0 Å². The summed E-state index contributed by atoms with van der Waals surface area (Å²) in [5, 5.41) is 6.43. The molecule has 0 unspecified atom stereocenters. The van der Waals surface area contributed by atoms with Crippen LogP contribution in [-0.2, 0) is 0 Å². The van der Waals surface area contributed by atoms with Gasteiger partial charge in [0.05, 0.1) is 11.3 Å². The zero-order valence-electron chi connectivity index (χ0n) is 13.5. The lowest BCUT2D eigenvalue weighted by Crippen LogP contribution is -2.41. The summed E-state index contributed by atoms with van der Waals surface area (Å²) in [6.45, 7) is 7.92. The standard InChI is InChI=1S/C17H27N3O/c1-4-9-18-15-10-13(3)19-11-14(15)16(21)20-12-17(5-2)7-6-8-17/h10-11H,4-9,12H2,1-3H3,(H,18,19)(H,20,21). The van der Waals surface area contributed by atoms with Crippen LogP contribution in [0.2, 0.25) is 0 Å². The van der Waals surface area contributed by atoms with Crippen LogP contribution in [-0.4, -0.2) is 24.0 Å². The molecular formula is C17H27N3O. The summed E-state index contributed by atoms with van der Waals surface area (Å²) in [7, 11) is 0. The minimum absolute atomic E-state index is 0.0131. The lowest BCUT2D eigenvalue weighted by molar-refractivity contribution is 0.0850. The number of pyridine rings is 1. The predicted octanol–water partition coefficient (Wildman–Crippen LogP) is 3.52. The van der Waals surface area contributed by atoms with Gasteiger partial charge in [-0.15, -0.1) is 0 Å². The van der Waals surface area contributed by atoms with Crippen LogP contribution in [0.15, 0.2) is 12.3 Å². The van der Waals surface area contributed by atoms with Gasteiger partial charge in [-0.05, 0) is 44.1 Å². The highest BCUT2D eigenvalue weighted by atomic mass is 16.1.